The molecule has 0 heterocycles. The number of para-hydroxylation sites is 1. The Morgan fingerprint density at radius 3 is 2.40 bits per heavy atom. The summed E-state index contributed by atoms with van der Waals surface area (Å²) in [6, 6.07) is 15.3. The van der Waals surface area contributed by atoms with Crippen LogP contribution in [0.25, 0.3) is 0 Å². The van der Waals surface area contributed by atoms with E-state index < -0.39 is 0 Å². The van der Waals surface area contributed by atoms with Crippen molar-refractivity contribution in [3.63, 3.8) is 0 Å². The van der Waals surface area contributed by atoms with E-state index >= 15 is 0 Å². The number of aryl methyl sites for hydroxylation is 2. The van der Waals surface area contributed by atoms with Crippen molar-refractivity contribution in [1.29, 1.82) is 0 Å². The minimum absolute atomic E-state index is 0.0452. The highest BCUT2D eigenvalue weighted by atomic mass is 16.2. The van der Waals surface area contributed by atoms with E-state index in [0.29, 0.717) is 0 Å². The molecule has 2 aromatic rings. The molecular formula is C17H20N2O. The van der Waals surface area contributed by atoms with Crippen LogP contribution in [0.3, 0.4) is 0 Å². The molecule has 0 bridgehead atoms. The third-order valence-corrected chi connectivity index (χ3v) is 3.19. The first-order valence-electron chi connectivity index (χ1n) is 6.76. The van der Waals surface area contributed by atoms with Gasteiger partial charge in [-0.25, -0.2) is 0 Å². The summed E-state index contributed by atoms with van der Waals surface area (Å²) in [5, 5.41) is 6.14. The summed E-state index contributed by atoms with van der Waals surface area (Å²) in [5.41, 5.74) is 4.16. The smallest absolute Gasteiger partial charge is 0.246 e. The molecule has 1 amide bonds. The van der Waals surface area contributed by atoms with E-state index in [1.807, 2.05) is 56.3 Å². The fourth-order valence-corrected chi connectivity index (χ4v) is 2.05. The molecule has 0 saturated carbocycles. The summed E-state index contributed by atoms with van der Waals surface area (Å²) >= 11 is 0. The third-order valence-electron chi connectivity index (χ3n) is 3.19. The van der Waals surface area contributed by atoms with Crippen molar-refractivity contribution in [3.05, 3.63) is 59.7 Å². The van der Waals surface area contributed by atoms with Gasteiger partial charge in [0.05, 0.1) is 0 Å². The fraction of sp³-hybridized carbons (Fsp3) is 0.235. The summed E-state index contributed by atoms with van der Waals surface area (Å²) in [7, 11) is 0. The first-order valence-corrected chi connectivity index (χ1v) is 6.76. The Hall–Kier alpha value is -2.29. The molecule has 0 spiro atoms. The maximum absolute atomic E-state index is 12.1. The van der Waals surface area contributed by atoms with Crippen molar-refractivity contribution < 1.29 is 4.79 Å². The quantitative estimate of drug-likeness (QED) is 0.886. The topological polar surface area (TPSA) is 41.1 Å². The molecule has 2 N–H and O–H groups in total. The molecule has 0 aliphatic rings. The fourth-order valence-electron chi connectivity index (χ4n) is 2.05. The second kappa shape index (κ2) is 6.24. The number of nitrogens with one attached hydrogen (secondary N) is 2. The number of carbonyl (C=O) groups is 1. The van der Waals surface area contributed by atoms with Crippen molar-refractivity contribution in [2.24, 2.45) is 0 Å². The summed E-state index contributed by atoms with van der Waals surface area (Å²) < 4.78 is 0. The van der Waals surface area contributed by atoms with Crippen LogP contribution in [0.2, 0.25) is 0 Å². The maximum Gasteiger partial charge on any atom is 0.246 e. The Kier molecular flexibility index (Phi) is 4.41. The molecule has 3 nitrogen and oxygen atoms in total. The molecule has 1 atom stereocenters. The normalized spacial score (nSPS) is 11.8. The van der Waals surface area contributed by atoms with Crippen molar-refractivity contribution in [2.45, 2.75) is 26.8 Å². The van der Waals surface area contributed by atoms with Crippen LogP contribution < -0.4 is 10.6 Å². The van der Waals surface area contributed by atoms with E-state index in [-0.39, 0.29) is 11.9 Å². The van der Waals surface area contributed by atoms with E-state index in [2.05, 4.69) is 23.6 Å². The van der Waals surface area contributed by atoms with Crippen molar-refractivity contribution in [2.75, 3.05) is 10.6 Å². The van der Waals surface area contributed by atoms with Gasteiger partial charge in [0.1, 0.15) is 6.04 Å². The van der Waals surface area contributed by atoms with E-state index in [9.17, 15) is 4.79 Å². The Bertz CT molecular complexity index is 593. The molecule has 20 heavy (non-hydrogen) atoms. The van der Waals surface area contributed by atoms with E-state index in [0.717, 1.165) is 16.9 Å². The second-order valence-electron chi connectivity index (χ2n) is 5.04. The first-order chi connectivity index (χ1) is 9.56. The Labute approximate surface area is 120 Å². The molecular weight excluding hydrogens is 248 g/mol. The number of hydrogen-bond donors (Lipinski definition) is 2. The molecule has 0 aliphatic heterocycles. The molecule has 2 aromatic carbocycles. The first kappa shape index (κ1) is 14.1. The zero-order chi connectivity index (χ0) is 14.5. The van der Waals surface area contributed by atoms with E-state index in [4.69, 9.17) is 0 Å². The molecule has 104 valence electrons. The van der Waals surface area contributed by atoms with Gasteiger partial charge in [-0.1, -0.05) is 35.9 Å². The number of rotatable bonds is 4. The van der Waals surface area contributed by atoms with Gasteiger partial charge in [-0.15, -0.1) is 0 Å². The highest BCUT2D eigenvalue weighted by molar-refractivity contribution is 5.96. The van der Waals surface area contributed by atoms with Crippen LogP contribution >= 0.6 is 0 Å². The van der Waals surface area contributed by atoms with Crippen LogP contribution in [0.5, 0.6) is 0 Å². The van der Waals surface area contributed by atoms with Crippen LogP contribution in [-0.4, -0.2) is 11.9 Å². The third kappa shape index (κ3) is 3.60. The molecule has 0 aliphatic carbocycles. The average molecular weight is 268 g/mol. The van der Waals surface area contributed by atoms with Crippen LogP contribution in [0.15, 0.2) is 48.5 Å². The minimum atomic E-state index is -0.295. The maximum atomic E-state index is 12.1. The van der Waals surface area contributed by atoms with Crippen LogP contribution in [0.4, 0.5) is 11.4 Å². The largest absolute Gasteiger partial charge is 0.374 e. The van der Waals surface area contributed by atoms with Crippen molar-refractivity contribution in [3.8, 4) is 0 Å². The lowest BCUT2D eigenvalue weighted by Crippen LogP contribution is -2.32. The SMILES string of the molecule is Cc1ccc(N[C@H](C)C(=O)Nc2ccccc2)c(C)c1. The predicted octanol–water partition coefficient (Wildman–Crippen LogP) is 3.74. The Morgan fingerprint density at radius 2 is 1.75 bits per heavy atom. The van der Waals surface area contributed by atoms with Gasteiger partial charge in [-0.05, 0) is 44.5 Å². The second-order valence-corrected chi connectivity index (χ2v) is 5.04. The van der Waals surface area contributed by atoms with E-state index in [1.165, 1.54) is 5.56 Å². The van der Waals surface area contributed by atoms with Crippen molar-refractivity contribution in [1.82, 2.24) is 0 Å². The lowest BCUT2D eigenvalue weighted by molar-refractivity contribution is -0.116. The van der Waals surface area contributed by atoms with Gasteiger partial charge in [0.2, 0.25) is 5.91 Å². The molecule has 0 fully saturated rings. The zero-order valence-electron chi connectivity index (χ0n) is 12.1. The predicted molar refractivity (Wildman–Crippen MR) is 84.1 cm³/mol. The Morgan fingerprint density at radius 1 is 1.05 bits per heavy atom. The van der Waals surface area contributed by atoms with Crippen LogP contribution in [0, 0.1) is 13.8 Å². The molecule has 0 radical (unpaired) electrons. The van der Waals surface area contributed by atoms with Gasteiger partial charge < -0.3 is 10.6 Å². The van der Waals surface area contributed by atoms with Crippen LogP contribution in [-0.2, 0) is 4.79 Å². The van der Waals surface area contributed by atoms with Gasteiger partial charge in [0.25, 0.3) is 0 Å². The van der Waals surface area contributed by atoms with E-state index in [1.54, 1.807) is 0 Å². The van der Waals surface area contributed by atoms with Crippen molar-refractivity contribution >= 4 is 17.3 Å². The van der Waals surface area contributed by atoms with Crippen LogP contribution in [0.1, 0.15) is 18.1 Å². The monoisotopic (exact) mass is 268 g/mol. The highest BCUT2D eigenvalue weighted by Gasteiger charge is 2.13. The molecule has 0 saturated heterocycles. The minimum Gasteiger partial charge on any atom is -0.374 e. The average Bonchev–Trinajstić information content (AvgIpc) is 2.43. The molecule has 2 rings (SSSR count). The van der Waals surface area contributed by atoms with Gasteiger partial charge in [-0.3, -0.25) is 4.79 Å². The number of anilines is 2. The van der Waals surface area contributed by atoms with Gasteiger partial charge in [-0.2, -0.15) is 0 Å². The molecule has 0 unspecified atom stereocenters. The van der Waals surface area contributed by atoms with Gasteiger partial charge >= 0.3 is 0 Å². The zero-order valence-corrected chi connectivity index (χ0v) is 12.1. The molecule has 3 heteroatoms. The lowest BCUT2D eigenvalue weighted by atomic mass is 10.1. The summed E-state index contributed by atoms with van der Waals surface area (Å²) in [6.07, 6.45) is 0. The Balaban J connectivity index is 2.00. The number of hydrogen-bond acceptors (Lipinski definition) is 2. The number of amides is 1. The summed E-state index contributed by atoms with van der Waals surface area (Å²) in [5.74, 6) is -0.0452. The summed E-state index contributed by atoms with van der Waals surface area (Å²) in [4.78, 5) is 12.1. The molecule has 0 aromatic heterocycles. The van der Waals surface area contributed by atoms with Gasteiger partial charge in [0.15, 0.2) is 0 Å². The number of carbonyl (C=O) groups excluding carboxylic acids is 1. The van der Waals surface area contributed by atoms with Gasteiger partial charge in [0, 0.05) is 11.4 Å². The standard InChI is InChI=1S/C17H20N2O/c1-12-9-10-16(13(2)11-12)18-14(3)17(20)19-15-7-5-4-6-8-15/h4-11,14,18H,1-3H3,(H,19,20)/t14-/m1/s1. The summed E-state index contributed by atoms with van der Waals surface area (Å²) in [6.45, 7) is 5.96. The lowest BCUT2D eigenvalue weighted by Gasteiger charge is -2.17. The highest BCUT2D eigenvalue weighted by Crippen LogP contribution is 2.17. The number of benzene rings is 2.